The number of aliphatic carboxylic acids is 1. The Morgan fingerprint density at radius 2 is 1.24 bits per heavy atom. The van der Waals surface area contributed by atoms with Gasteiger partial charge in [0.05, 0.1) is 6.42 Å². The van der Waals surface area contributed by atoms with Gasteiger partial charge in [0.2, 0.25) is 5.91 Å². The third-order valence-corrected chi connectivity index (χ3v) is 6.49. The number of anilines is 2. The highest BCUT2D eigenvalue weighted by molar-refractivity contribution is 6.00. The zero-order valence-corrected chi connectivity index (χ0v) is 24.6. The summed E-state index contributed by atoms with van der Waals surface area (Å²) in [6.07, 6.45) is 7.68. The molecule has 0 fully saturated rings. The maximum Gasteiger partial charge on any atom is 0.490 e. The van der Waals surface area contributed by atoms with Crippen LogP contribution in [0.25, 0.3) is 0 Å². The number of aryl methyl sites for hydroxylation is 2. The van der Waals surface area contributed by atoms with E-state index in [-0.39, 0.29) is 11.9 Å². The van der Waals surface area contributed by atoms with Crippen LogP contribution in [0.2, 0.25) is 0 Å². The first kappa shape index (κ1) is 36.4. The molecule has 0 unspecified atom stereocenters. The Labute approximate surface area is 246 Å². The Bertz CT molecular complexity index is 1070. The topological polar surface area (TPSA) is 134 Å². The van der Waals surface area contributed by atoms with E-state index in [4.69, 9.17) is 15.6 Å². The number of carbonyl (C=O) groups excluding carboxylic acids is 2. The van der Waals surface area contributed by atoms with Crippen molar-refractivity contribution in [3.05, 3.63) is 59.2 Å². The van der Waals surface area contributed by atoms with E-state index in [0.717, 1.165) is 54.7 Å². The maximum atomic E-state index is 12.4. The van der Waals surface area contributed by atoms with E-state index in [2.05, 4.69) is 16.0 Å². The summed E-state index contributed by atoms with van der Waals surface area (Å²) in [7, 11) is 0. The van der Waals surface area contributed by atoms with Gasteiger partial charge in [-0.05, 0) is 62.1 Å². The van der Waals surface area contributed by atoms with Gasteiger partial charge in [-0.25, -0.2) is 9.59 Å². The van der Waals surface area contributed by atoms with Crippen LogP contribution < -0.4 is 21.7 Å². The molecular weight excluding hydrogens is 549 g/mol. The normalized spacial score (nSPS) is 10.8. The van der Waals surface area contributed by atoms with Gasteiger partial charge in [0, 0.05) is 17.9 Å². The van der Waals surface area contributed by atoms with Crippen molar-refractivity contribution in [1.29, 1.82) is 0 Å². The third kappa shape index (κ3) is 16.6. The number of para-hydroxylation sites is 1. The number of halogens is 3. The number of benzene rings is 2. The third-order valence-electron chi connectivity index (χ3n) is 6.49. The van der Waals surface area contributed by atoms with E-state index in [1.807, 2.05) is 56.3 Å². The fourth-order valence-corrected chi connectivity index (χ4v) is 4.15. The van der Waals surface area contributed by atoms with Crippen LogP contribution in [0.1, 0.15) is 80.9 Å². The quantitative estimate of drug-likeness (QED) is 0.132. The molecule has 0 atom stereocenters. The average molecular weight is 595 g/mol. The number of hydrogen-bond donors (Lipinski definition) is 5. The van der Waals surface area contributed by atoms with Crippen molar-refractivity contribution in [3.63, 3.8) is 0 Å². The predicted octanol–water partition coefficient (Wildman–Crippen LogP) is 7.10. The molecule has 3 amide bonds. The van der Waals surface area contributed by atoms with Crippen molar-refractivity contribution >= 4 is 29.3 Å². The van der Waals surface area contributed by atoms with E-state index in [1.54, 1.807) is 0 Å². The maximum absolute atomic E-state index is 12.4. The molecule has 2 rings (SSSR count). The minimum Gasteiger partial charge on any atom is -0.475 e. The first-order valence-electron chi connectivity index (χ1n) is 14.4. The molecule has 0 saturated carbocycles. The highest BCUT2D eigenvalue weighted by Gasteiger charge is 2.38. The molecule has 2 aromatic rings. The number of hydrogen-bond acceptors (Lipinski definition) is 4. The van der Waals surface area contributed by atoms with Crippen LogP contribution in [0, 0.1) is 13.8 Å². The molecule has 2 aromatic carbocycles. The van der Waals surface area contributed by atoms with Crippen LogP contribution in [0.4, 0.5) is 29.3 Å². The lowest BCUT2D eigenvalue weighted by atomic mass is 10.1. The van der Waals surface area contributed by atoms with Gasteiger partial charge >= 0.3 is 18.2 Å². The average Bonchev–Trinajstić information content (AvgIpc) is 2.92. The van der Waals surface area contributed by atoms with Crippen LogP contribution in [0.5, 0.6) is 0 Å². The largest absolute Gasteiger partial charge is 0.490 e. The SMILES string of the molecule is Cc1cccc(C)c1NC(=O)Nc1ccc(CC(=O)NCCCCCCCCCCCCN)cc1.O=C(O)C(F)(F)F. The first-order chi connectivity index (χ1) is 19.9. The van der Waals surface area contributed by atoms with Gasteiger partial charge in [0.1, 0.15) is 0 Å². The molecule has 0 aromatic heterocycles. The van der Waals surface area contributed by atoms with Crippen molar-refractivity contribution in [2.75, 3.05) is 23.7 Å². The van der Waals surface area contributed by atoms with Crippen molar-refractivity contribution in [2.24, 2.45) is 5.73 Å². The summed E-state index contributed by atoms with van der Waals surface area (Å²) in [6, 6.07) is 13.0. The molecule has 0 spiro atoms. The molecule has 0 radical (unpaired) electrons. The van der Waals surface area contributed by atoms with E-state index in [1.165, 1.54) is 44.9 Å². The van der Waals surface area contributed by atoms with Crippen molar-refractivity contribution in [1.82, 2.24) is 5.32 Å². The van der Waals surface area contributed by atoms with E-state index < -0.39 is 12.1 Å². The number of carbonyl (C=O) groups is 3. The molecule has 6 N–H and O–H groups in total. The van der Waals surface area contributed by atoms with Crippen molar-refractivity contribution < 1.29 is 32.7 Å². The van der Waals surface area contributed by atoms with Crippen LogP contribution in [-0.2, 0) is 16.0 Å². The highest BCUT2D eigenvalue weighted by Crippen LogP contribution is 2.20. The lowest BCUT2D eigenvalue weighted by Gasteiger charge is -2.12. The summed E-state index contributed by atoms with van der Waals surface area (Å²) in [5.74, 6) is -2.72. The molecule has 0 heterocycles. The number of urea groups is 1. The Morgan fingerprint density at radius 3 is 1.71 bits per heavy atom. The molecule has 42 heavy (non-hydrogen) atoms. The molecule has 234 valence electrons. The number of alkyl halides is 3. The molecular formula is C31H45F3N4O4. The minimum atomic E-state index is -5.08. The summed E-state index contributed by atoms with van der Waals surface area (Å²) in [5.41, 5.74) is 9.99. The number of rotatable bonds is 16. The summed E-state index contributed by atoms with van der Waals surface area (Å²) in [6.45, 7) is 5.49. The van der Waals surface area contributed by atoms with Gasteiger partial charge in [-0.1, -0.05) is 81.7 Å². The van der Waals surface area contributed by atoms with E-state index in [0.29, 0.717) is 12.1 Å². The highest BCUT2D eigenvalue weighted by atomic mass is 19.4. The number of carboxylic acid groups (broad SMARTS) is 1. The van der Waals surface area contributed by atoms with Gasteiger partial charge in [-0.2, -0.15) is 13.2 Å². The Morgan fingerprint density at radius 1 is 0.762 bits per heavy atom. The van der Waals surface area contributed by atoms with Crippen LogP contribution >= 0.6 is 0 Å². The van der Waals surface area contributed by atoms with Gasteiger partial charge in [-0.15, -0.1) is 0 Å². The van der Waals surface area contributed by atoms with Gasteiger partial charge in [0.25, 0.3) is 0 Å². The fourth-order valence-electron chi connectivity index (χ4n) is 4.15. The van der Waals surface area contributed by atoms with E-state index >= 15 is 0 Å². The Hall–Kier alpha value is -3.60. The second-order valence-electron chi connectivity index (χ2n) is 10.2. The van der Waals surface area contributed by atoms with Gasteiger partial charge in [0.15, 0.2) is 0 Å². The summed E-state index contributed by atoms with van der Waals surface area (Å²) >= 11 is 0. The smallest absolute Gasteiger partial charge is 0.475 e. The predicted molar refractivity (Wildman–Crippen MR) is 161 cm³/mol. The number of unbranched alkanes of at least 4 members (excludes halogenated alkanes) is 9. The van der Waals surface area contributed by atoms with Crippen LogP contribution in [0.3, 0.4) is 0 Å². The first-order valence-corrected chi connectivity index (χ1v) is 14.4. The van der Waals surface area contributed by atoms with Gasteiger partial charge in [-0.3, -0.25) is 4.79 Å². The Kier molecular flexibility index (Phi) is 17.6. The lowest BCUT2D eigenvalue weighted by Crippen LogP contribution is -2.26. The fraction of sp³-hybridized carbons (Fsp3) is 0.516. The summed E-state index contributed by atoms with van der Waals surface area (Å²) < 4.78 is 31.7. The standard InChI is InChI=1S/C29H44N4O2.C2HF3O2/c1-23-14-13-15-24(2)28(23)33-29(35)32-26-18-16-25(17-19-26)22-27(34)31-21-12-10-8-6-4-3-5-7-9-11-20-30;3-2(4,5)1(6)7/h13-19H,3-12,20-22,30H2,1-2H3,(H,31,34)(H2,32,33,35);(H,6,7). The van der Waals surface area contributed by atoms with Crippen LogP contribution in [0.15, 0.2) is 42.5 Å². The molecule has 8 nitrogen and oxygen atoms in total. The molecule has 0 bridgehead atoms. The molecule has 0 saturated heterocycles. The number of nitrogens with one attached hydrogen (secondary N) is 3. The monoisotopic (exact) mass is 594 g/mol. The second kappa shape index (κ2) is 20.3. The summed E-state index contributed by atoms with van der Waals surface area (Å²) in [4.78, 5) is 33.5. The lowest BCUT2D eigenvalue weighted by molar-refractivity contribution is -0.192. The summed E-state index contributed by atoms with van der Waals surface area (Å²) in [5, 5.41) is 15.9. The molecule has 0 aliphatic carbocycles. The van der Waals surface area contributed by atoms with E-state index in [9.17, 15) is 22.8 Å². The number of nitrogens with two attached hydrogens (primary N) is 1. The van der Waals surface area contributed by atoms with Crippen LogP contribution in [-0.4, -0.2) is 42.3 Å². The number of carboxylic acids is 1. The van der Waals surface area contributed by atoms with Crippen molar-refractivity contribution in [2.45, 2.75) is 90.7 Å². The molecule has 0 aliphatic rings. The van der Waals surface area contributed by atoms with Crippen molar-refractivity contribution in [3.8, 4) is 0 Å². The second-order valence-corrected chi connectivity index (χ2v) is 10.2. The number of amides is 3. The molecule has 0 aliphatic heterocycles. The molecule has 11 heteroatoms. The minimum absolute atomic E-state index is 0.0379. The zero-order chi connectivity index (χ0) is 31.4. The zero-order valence-electron chi connectivity index (χ0n) is 24.6. The Balaban J connectivity index is 0.00000112. The van der Waals surface area contributed by atoms with Gasteiger partial charge < -0.3 is 26.8 Å².